The number of anilines is 1. The molecular weight excluding hydrogens is 322 g/mol. The second-order valence-corrected chi connectivity index (χ2v) is 6.33. The van der Waals surface area contributed by atoms with E-state index < -0.39 is 4.92 Å². The number of hydrogen-bond donors (Lipinski definition) is 1. The third-order valence-electron chi connectivity index (χ3n) is 4.46. The van der Waals surface area contributed by atoms with Gasteiger partial charge in [-0.3, -0.25) is 19.8 Å². The molecule has 0 atom stereocenters. The van der Waals surface area contributed by atoms with Crippen LogP contribution in [-0.2, 0) is 11.3 Å². The average molecular weight is 343 g/mol. The van der Waals surface area contributed by atoms with E-state index in [-0.39, 0.29) is 11.6 Å². The van der Waals surface area contributed by atoms with E-state index in [4.69, 9.17) is 0 Å². The highest BCUT2D eigenvalue weighted by Crippen LogP contribution is 2.19. The van der Waals surface area contributed by atoms with Gasteiger partial charge in [-0.25, -0.2) is 4.98 Å². The van der Waals surface area contributed by atoms with Gasteiger partial charge in [0.05, 0.1) is 17.8 Å². The van der Waals surface area contributed by atoms with Gasteiger partial charge in [0, 0.05) is 36.8 Å². The minimum Gasteiger partial charge on any atom is -0.337 e. The van der Waals surface area contributed by atoms with Crippen molar-refractivity contribution in [3.05, 3.63) is 53.1 Å². The molecule has 1 saturated heterocycles. The zero-order valence-corrected chi connectivity index (χ0v) is 13.9. The highest BCUT2D eigenvalue weighted by atomic mass is 16.6. The lowest BCUT2D eigenvalue weighted by atomic mass is 9.97. The van der Waals surface area contributed by atoms with Crippen LogP contribution in [0.5, 0.6) is 0 Å². The first kappa shape index (κ1) is 17.1. The van der Waals surface area contributed by atoms with Crippen molar-refractivity contribution in [3.63, 3.8) is 0 Å². The second-order valence-electron chi connectivity index (χ2n) is 6.33. The summed E-state index contributed by atoms with van der Waals surface area (Å²) in [7, 11) is 0. The number of carbonyl (C=O) groups is 1. The average Bonchev–Trinajstić information content (AvgIpc) is 3.10. The Hall–Kier alpha value is -2.74. The molecule has 0 aliphatic carbocycles. The smallest absolute Gasteiger partial charge is 0.269 e. The van der Waals surface area contributed by atoms with Gasteiger partial charge in [0.2, 0.25) is 5.91 Å². The summed E-state index contributed by atoms with van der Waals surface area (Å²) in [5.41, 5.74) is 0.587. The van der Waals surface area contributed by atoms with Crippen LogP contribution in [-0.4, -0.2) is 44.9 Å². The molecule has 1 N–H and O–H groups in total. The number of hydrogen-bond acceptors (Lipinski definition) is 5. The molecule has 0 unspecified atom stereocenters. The molecule has 1 amide bonds. The summed E-state index contributed by atoms with van der Waals surface area (Å²) in [5.74, 6) is 0.519. The van der Waals surface area contributed by atoms with Gasteiger partial charge in [-0.05, 0) is 44.0 Å². The van der Waals surface area contributed by atoms with Crippen molar-refractivity contribution in [1.29, 1.82) is 0 Å². The van der Waals surface area contributed by atoms with Gasteiger partial charge in [0.25, 0.3) is 5.69 Å². The summed E-state index contributed by atoms with van der Waals surface area (Å²) in [6.45, 7) is 3.11. The van der Waals surface area contributed by atoms with Crippen LogP contribution in [0.3, 0.4) is 0 Å². The molecule has 0 saturated carbocycles. The van der Waals surface area contributed by atoms with Crippen molar-refractivity contribution in [1.82, 2.24) is 14.5 Å². The number of likely N-dealkylation sites (tertiary alicyclic amines) is 1. The van der Waals surface area contributed by atoms with Crippen LogP contribution in [0.4, 0.5) is 11.4 Å². The maximum atomic E-state index is 12.1. The second kappa shape index (κ2) is 7.89. The van der Waals surface area contributed by atoms with Gasteiger partial charge < -0.3 is 9.88 Å². The van der Waals surface area contributed by atoms with Crippen molar-refractivity contribution < 1.29 is 9.72 Å². The molecule has 132 valence electrons. The topological polar surface area (TPSA) is 93.3 Å². The zero-order chi connectivity index (χ0) is 17.6. The number of rotatable bonds is 6. The standard InChI is InChI=1S/C17H21N5O3/c23-17(19-15-1-3-16(4-2-15)22(24)25)12-20-8-5-14(6-9-20)11-21-10-7-18-13-21/h1-4,7,10,13-14H,5-6,8-9,11-12H2,(H,19,23). The molecule has 8 nitrogen and oxygen atoms in total. The Bertz CT molecular complexity index is 706. The Morgan fingerprint density at radius 3 is 2.60 bits per heavy atom. The molecule has 1 aliphatic heterocycles. The zero-order valence-electron chi connectivity index (χ0n) is 13.9. The molecule has 1 aliphatic rings. The first-order chi connectivity index (χ1) is 12.1. The van der Waals surface area contributed by atoms with Crippen molar-refractivity contribution in [2.24, 2.45) is 5.92 Å². The number of piperidine rings is 1. The van der Waals surface area contributed by atoms with Gasteiger partial charge in [-0.15, -0.1) is 0 Å². The molecule has 3 rings (SSSR count). The van der Waals surface area contributed by atoms with Crippen LogP contribution in [0.2, 0.25) is 0 Å². The number of aromatic nitrogens is 2. The van der Waals surface area contributed by atoms with E-state index in [0.29, 0.717) is 18.2 Å². The SMILES string of the molecule is O=C(CN1CCC(Cn2ccnc2)CC1)Nc1ccc([N+](=O)[O-])cc1. The minimum absolute atomic E-state index is 0.0120. The summed E-state index contributed by atoms with van der Waals surface area (Å²) in [6, 6.07) is 5.87. The molecule has 0 radical (unpaired) electrons. The van der Waals surface area contributed by atoms with E-state index in [1.54, 1.807) is 18.3 Å². The number of nitrogens with one attached hydrogen (secondary N) is 1. The Balaban J connectivity index is 1.42. The maximum Gasteiger partial charge on any atom is 0.269 e. The van der Waals surface area contributed by atoms with Gasteiger partial charge in [-0.1, -0.05) is 0 Å². The minimum atomic E-state index is -0.459. The van der Waals surface area contributed by atoms with Crippen LogP contribution in [0, 0.1) is 16.0 Å². The third-order valence-corrected chi connectivity index (χ3v) is 4.46. The fourth-order valence-corrected chi connectivity index (χ4v) is 3.09. The van der Waals surface area contributed by atoms with E-state index in [2.05, 4.69) is 19.8 Å². The van der Waals surface area contributed by atoms with Crippen LogP contribution in [0.1, 0.15) is 12.8 Å². The summed E-state index contributed by atoms with van der Waals surface area (Å²) in [4.78, 5) is 28.5. The summed E-state index contributed by atoms with van der Waals surface area (Å²) in [5, 5.41) is 13.4. The molecule has 8 heteroatoms. The normalized spacial score (nSPS) is 15.8. The lowest BCUT2D eigenvalue weighted by Gasteiger charge is -2.31. The van der Waals surface area contributed by atoms with Crippen molar-refractivity contribution in [3.8, 4) is 0 Å². The Morgan fingerprint density at radius 2 is 2.00 bits per heavy atom. The number of nitro groups is 1. The highest BCUT2D eigenvalue weighted by Gasteiger charge is 2.21. The monoisotopic (exact) mass is 343 g/mol. The number of carbonyl (C=O) groups excluding carboxylic acids is 1. The lowest BCUT2D eigenvalue weighted by Crippen LogP contribution is -2.39. The molecule has 1 aromatic carbocycles. The lowest BCUT2D eigenvalue weighted by molar-refractivity contribution is -0.384. The molecule has 2 aromatic rings. The van der Waals surface area contributed by atoms with Gasteiger partial charge in [0.1, 0.15) is 0 Å². The molecular formula is C17H21N5O3. The molecule has 1 aromatic heterocycles. The van der Waals surface area contributed by atoms with Gasteiger partial charge >= 0.3 is 0 Å². The van der Waals surface area contributed by atoms with Crippen molar-refractivity contribution in [2.45, 2.75) is 19.4 Å². The van der Waals surface area contributed by atoms with Crippen LogP contribution in [0.25, 0.3) is 0 Å². The first-order valence-electron chi connectivity index (χ1n) is 8.32. The summed E-state index contributed by atoms with van der Waals surface area (Å²) in [6.07, 6.45) is 7.72. The van der Waals surface area contributed by atoms with E-state index in [9.17, 15) is 14.9 Å². The molecule has 1 fully saturated rings. The number of nitrogens with zero attached hydrogens (tertiary/aromatic N) is 4. The van der Waals surface area contributed by atoms with E-state index in [1.807, 2.05) is 12.5 Å². The highest BCUT2D eigenvalue weighted by molar-refractivity contribution is 5.92. The molecule has 25 heavy (non-hydrogen) atoms. The number of imidazole rings is 1. The number of amides is 1. The van der Waals surface area contributed by atoms with Gasteiger partial charge in [0.15, 0.2) is 0 Å². The number of nitro benzene ring substituents is 1. The fourth-order valence-electron chi connectivity index (χ4n) is 3.09. The summed E-state index contributed by atoms with van der Waals surface area (Å²) < 4.78 is 2.10. The predicted molar refractivity (Wildman–Crippen MR) is 93.1 cm³/mol. The van der Waals surface area contributed by atoms with Crippen LogP contribution < -0.4 is 5.32 Å². The molecule has 0 bridgehead atoms. The summed E-state index contributed by atoms with van der Waals surface area (Å²) >= 11 is 0. The van der Waals surface area contributed by atoms with Gasteiger partial charge in [-0.2, -0.15) is 0 Å². The number of benzene rings is 1. The van der Waals surface area contributed by atoms with Crippen LogP contribution in [0.15, 0.2) is 43.0 Å². The van der Waals surface area contributed by atoms with E-state index >= 15 is 0 Å². The quantitative estimate of drug-likeness (QED) is 0.641. The fraction of sp³-hybridized carbons (Fsp3) is 0.412. The molecule has 2 heterocycles. The van der Waals surface area contributed by atoms with E-state index in [0.717, 1.165) is 32.5 Å². The predicted octanol–water partition coefficient (Wildman–Crippen LogP) is 2.14. The maximum absolute atomic E-state index is 12.1. The molecule has 0 spiro atoms. The van der Waals surface area contributed by atoms with Crippen molar-refractivity contribution in [2.75, 3.05) is 25.0 Å². The van der Waals surface area contributed by atoms with Crippen LogP contribution >= 0.6 is 0 Å². The third kappa shape index (κ3) is 4.87. The first-order valence-corrected chi connectivity index (χ1v) is 8.32. The largest absolute Gasteiger partial charge is 0.337 e. The number of non-ortho nitro benzene ring substituents is 1. The Kier molecular flexibility index (Phi) is 5.39. The Morgan fingerprint density at radius 1 is 1.28 bits per heavy atom. The van der Waals surface area contributed by atoms with Crippen molar-refractivity contribution >= 4 is 17.3 Å². The Labute approximate surface area is 145 Å². The van der Waals surface area contributed by atoms with E-state index in [1.165, 1.54) is 12.1 Å².